The van der Waals surface area contributed by atoms with Crippen LogP contribution in [-0.4, -0.2) is 33.7 Å². The SMILES string of the molecule is CC(O)CC1CCCCN1Cc1nc2ccccc2s1. The molecule has 0 saturated carbocycles. The van der Waals surface area contributed by atoms with Gasteiger partial charge in [-0.2, -0.15) is 0 Å². The Morgan fingerprint density at radius 1 is 1.40 bits per heavy atom. The highest BCUT2D eigenvalue weighted by atomic mass is 32.1. The summed E-state index contributed by atoms with van der Waals surface area (Å²) < 4.78 is 1.27. The molecule has 1 saturated heterocycles. The number of aliphatic hydroxyl groups excluding tert-OH is 1. The molecule has 0 amide bonds. The van der Waals surface area contributed by atoms with E-state index >= 15 is 0 Å². The molecule has 0 aliphatic carbocycles. The fourth-order valence-electron chi connectivity index (χ4n) is 3.09. The number of fused-ring (bicyclic) bond motifs is 1. The number of aliphatic hydroxyl groups is 1. The molecule has 0 bridgehead atoms. The van der Waals surface area contributed by atoms with Gasteiger partial charge in [0.05, 0.1) is 22.9 Å². The molecule has 1 aliphatic rings. The molecule has 2 aromatic rings. The highest BCUT2D eigenvalue weighted by Gasteiger charge is 2.24. The minimum Gasteiger partial charge on any atom is -0.393 e. The lowest BCUT2D eigenvalue weighted by molar-refractivity contribution is 0.0817. The van der Waals surface area contributed by atoms with Gasteiger partial charge < -0.3 is 5.11 Å². The average Bonchev–Trinajstić information content (AvgIpc) is 2.82. The normalized spacial score (nSPS) is 22.2. The average molecular weight is 290 g/mol. The fourth-order valence-corrected chi connectivity index (χ4v) is 4.08. The van der Waals surface area contributed by atoms with E-state index in [4.69, 9.17) is 4.98 Å². The third-order valence-electron chi connectivity index (χ3n) is 4.04. The number of aromatic nitrogens is 1. The number of piperidine rings is 1. The van der Waals surface area contributed by atoms with Crippen molar-refractivity contribution in [3.05, 3.63) is 29.3 Å². The molecule has 0 radical (unpaired) electrons. The van der Waals surface area contributed by atoms with Gasteiger partial charge in [-0.3, -0.25) is 4.90 Å². The van der Waals surface area contributed by atoms with Crippen LogP contribution < -0.4 is 0 Å². The first kappa shape index (κ1) is 14.0. The first-order valence-corrected chi connectivity index (χ1v) is 8.30. The predicted molar refractivity (Wildman–Crippen MR) is 84.0 cm³/mol. The zero-order chi connectivity index (χ0) is 13.9. The van der Waals surface area contributed by atoms with Crippen LogP contribution in [-0.2, 0) is 6.54 Å². The maximum Gasteiger partial charge on any atom is 0.108 e. The summed E-state index contributed by atoms with van der Waals surface area (Å²) in [5, 5.41) is 10.9. The van der Waals surface area contributed by atoms with Gasteiger partial charge in [-0.05, 0) is 44.9 Å². The summed E-state index contributed by atoms with van der Waals surface area (Å²) in [6.07, 6.45) is 4.42. The standard InChI is InChI=1S/C16H22N2OS/c1-12(19)10-13-6-4-5-9-18(13)11-16-17-14-7-2-3-8-15(14)20-16/h2-3,7-8,12-13,19H,4-6,9-11H2,1H3. The second-order valence-corrected chi connectivity index (χ2v) is 6.90. The van der Waals surface area contributed by atoms with Crippen molar-refractivity contribution in [3.63, 3.8) is 0 Å². The van der Waals surface area contributed by atoms with Crippen LogP contribution in [0, 0.1) is 0 Å². The van der Waals surface area contributed by atoms with Crippen molar-refractivity contribution in [3.8, 4) is 0 Å². The van der Waals surface area contributed by atoms with Gasteiger partial charge in [-0.1, -0.05) is 18.6 Å². The van der Waals surface area contributed by atoms with Crippen LogP contribution in [0.2, 0.25) is 0 Å². The van der Waals surface area contributed by atoms with Crippen molar-refractivity contribution in [2.24, 2.45) is 0 Å². The lowest BCUT2D eigenvalue weighted by atomic mass is 9.97. The number of para-hydroxylation sites is 1. The van der Waals surface area contributed by atoms with Crippen molar-refractivity contribution >= 4 is 21.6 Å². The van der Waals surface area contributed by atoms with E-state index in [1.807, 2.05) is 13.0 Å². The molecule has 4 heteroatoms. The van der Waals surface area contributed by atoms with Gasteiger partial charge in [-0.25, -0.2) is 4.98 Å². The van der Waals surface area contributed by atoms with E-state index in [1.165, 1.54) is 29.0 Å². The van der Waals surface area contributed by atoms with Crippen molar-refractivity contribution in [1.29, 1.82) is 0 Å². The maximum absolute atomic E-state index is 9.66. The molecule has 3 rings (SSSR count). The zero-order valence-corrected chi connectivity index (χ0v) is 12.8. The Kier molecular flexibility index (Phi) is 4.34. The number of likely N-dealkylation sites (tertiary alicyclic amines) is 1. The number of rotatable bonds is 4. The smallest absolute Gasteiger partial charge is 0.108 e. The Morgan fingerprint density at radius 3 is 3.05 bits per heavy atom. The van der Waals surface area contributed by atoms with Crippen molar-refractivity contribution in [2.45, 2.75) is 51.3 Å². The minimum atomic E-state index is -0.212. The van der Waals surface area contributed by atoms with Crippen LogP contribution in [0.15, 0.2) is 24.3 Å². The van der Waals surface area contributed by atoms with Gasteiger partial charge in [0.15, 0.2) is 0 Å². The second kappa shape index (κ2) is 6.20. The molecule has 1 fully saturated rings. The van der Waals surface area contributed by atoms with Gasteiger partial charge in [0, 0.05) is 6.04 Å². The van der Waals surface area contributed by atoms with Crippen LogP contribution >= 0.6 is 11.3 Å². The summed E-state index contributed by atoms with van der Waals surface area (Å²) in [7, 11) is 0. The van der Waals surface area contributed by atoms with E-state index in [0.717, 1.165) is 25.0 Å². The van der Waals surface area contributed by atoms with Gasteiger partial charge in [0.1, 0.15) is 5.01 Å². The molecule has 1 aromatic heterocycles. The summed E-state index contributed by atoms with van der Waals surface area (Å²) in [5.41, 5.74) is 1.11. The number of nitrogens with zero attached hydrogens (tertiary/aromatic N) is 2. The molecule has 20 heavy (non-hydrogen) atoms. The Balaban J connectivity index is 1.74. The Bertz CT molecular complexity index is 533. The minimum absolute atomic E-state index is 0.212. The van der Waals surface area contributed by atoms with E-state index < -0.39 is 0 Å². The lowest BCUT2D eigenvalue weighted by Crippen LogP contribution is -2.40. The monoisotopic (exact) mass is 290 g/mol. The van der Waals surface area contributed by atoms with Gasteiger partial charge >= 0.3 is 0 Å². The molecule has 2 atom stereocenters. The molecule has 108 valence electrons. The molecule has 2 unspecified atom stereocenters. The quantitative estimate of drug-likeness (QED) is 0.937. The largest absolute Gasteiger partial charge is 0.393 e. The third kappa shape index (κ3) is 3.19. The molecule has 1 aromatic carbocycles. The highest BCUT2D eigenvalue weighted by molar-refractivity contribution is 7.18. The first-order chi connectivity index (χ1) is 9.72. The van der Waals surface area contributed by atoms with Crippen LogP contribution in [0.3, 0.4) is 0 Å². The molecular weight excluding hydrogens is 268 g/mol. The maximum atomic E-state index is 9.66. The van der Waals surface area contributed by atoms with Crippen LogP contribution in [0.4, 0.5) is 0 Å². The van der Waals surface area contributed by atoms with E-state index in [-0.39, 0.29) is 6.10 Å². The van der Waals surface area contributed by atoms with Crippen LogP contribution in [0.1, 0.15) is 37.6 Å². The summed E-state index contributed by atoms with van der Waals surface area (Å²) in [4.78, 5) is 7.24. The van der Waals surface area contributed by atoms with Gasteiger partial charge in [-0.15, -0.1) is 11.3 Å². The number of hydrogen-bond donors (Lipinski definition) is 1. The van der Waals surface area contributed by atoms with E-state index in [1.54, 1.807) is 11.3 Å². The molecule has 3 nitrogen and oxygen atoms in total. The Hall–Kier alpha value is -0.970. The van der Waals surface area contributed by atoms with Gasteiger partial charge in [0.25, 0.3) is 0 Å². The lowest BCUT2D eigenvalue weighted by Gasteiger charge is -2.35. The number of thiazole rings is 1. The summed E-state index contributed by atoms with van der Waals surface area (Å²) >= 11 is 1.80. The van der Waals surface area contributed by atoms with E-state index in [2.05, 4.69) is 23.1 Å². The molecule has 0 spiro atoms. The molecular formula is C16H22N2OS. The van der Waals surface area contributed by atoms with Crippen LogP contribution in [0.5, 0.6) is 0 Å². The highest BCUT2D eigenvalue weighted by Crippen LogP contribution is 2.27. The fraction of sp³-hybridized carbons (Fsp3) is 0.562. The summed E-state index contributed by atoms with van der Waals surface area (Å²) in [6.45, 7) is 3.95. The predicted octanol–water partition coefficient (Wildman–Crippen LogP) is 3.42. The van der Waals surface area contributed by atoms with Gasteiger partial charge in [0.2, 0.25) is 0 Å². The Labute approximate surface area is 124 Å². The molecule has 1 N–H and O–H groups in total. The third-order valence-corrected chi connectivity index (χ3v) is 5.06. The van der Waals surface area contributed by atoms with Crippen molar-refractivity contribution in [1.82, 2.24) is 9.88 Å². The summed E-state index contributed by atoms with van der Waals surface area (Å²) in [6, 6.07) is 8.85. The molecule has 2 heterocycles. The summed E-state index contributed by atoms with van der Waals surface area (Å²) in [5.74, 6) is 0. The van der Waals surface area contributed by atoms with Crippen molar-refractivity contribution in [2.75, 3.05) is 6.54 Å². The Morgan fingerprint density at radius 2 is 2.25 bits per heavy atom. The first-order valence-electron chi connectivity index (χ1n) is 7.49. The number of hydrogen-bond acceptors (Lipinski definition) is 4. The topological polar surface area (TPSA) is 36.4 Å². The van der Waals surface area contributed by atoms with E-state index in [0.29, 0.717) is 6.04 Å². The zero-order valence-electron chi connectivity index (χ0n) is 12.0. The number of benzene rings is 1. The van der Waals surface area contributed by atoms with E-state index in [9.17, 15) is 5.11 Å². The van der Waals surface area contributed by atoms with Crippen LogP contribution in [0.25, 0.3) is 10.2 Å². The molecule has 1 aliphatic heterocycles. The second-order valence-electron chi connectivity index (χ2n) is 5.78. The van der Waals surface area contributed by atoms with Crippen molar-refractivity contribution < 1.29 is 5.11 Å².